The lowest BCUT2D eigenvalue weighted by Gasteiger charge is -2.26. The summed E-state index contributed by atoms with van der Waals surface area (Å²) in [4.78, 5) is 2.43. The highest BCUT2D eigenvalue weighted by Crippen LogP contribution is 2.14. The zero-order chi connectivity index (χ0) is 17.2. The van der Waals surface area contributed by atoms with E-state index in [4.69, 9.17) is 9.47 Å². The number of para-hydroxylation sites is 1. The van der Waals surface area contributed by atoms with Gasteiger partial charge in [0.05, 0.1) is 19.8 Å². The van der Waals surface area contributed by atoms with Crippen LogP contribution in [-0.2, 0) is 11.3 Å². The molecule has 1 aliphatic heterocycles. The minimum atomic E-state index is 0.736. The van der Waals surface area contributed by atoms with Gasteiger partial charge in [-0.15, -0.1) is 0 Å². The third-order valence-electron chi connectivity index (χ3n) is 4.19. The molecule has 0 unspecified atom stereocenters. The zero-order valence-corrected chi connectivity index (χ0v) is 14.6. The summed E-state index contributed by atoms with van der Waals surface area (Å²) in [5.74, 6) is 0.931. The minimum absolute atomic E-state index is 0.736. The molecule has 0 bridgehead atoms. The Morgan fingerprint density at radius 3 is 2.68 bits per heavy atom. The van der Waals surface area contributed by atoms with Crippen molar-refractivity contribution in [1.82, 2.24) is 10.3 Å². The summed E-state index contributed by atoms with van der Waals surface area (Å²) < 4.78 is 11.3. The van der Waals surface area contributed by atoms with Crippen LogP contribution < -0.4 is 15.6 Å². The van der Waals surface area contributed by atoms with E-state index >= 15 is 0 Å². The quantitative estimate of drug-likeness (QED) is 0.542. The van der Waals surface area contributed by atoms with Gasteiger partial charge in [0.15, 0.2) is 0 Å². The van der Waals surface area contributed by atoms with Gasteiger partial charge < -0.3 is 14.9 Å². The van der Waals surface area contributed by atoms with Crippen LogP contribution in [0.25, 0.3) is 0 Å². The molecule has 0 aliphatic carbocycles. The van der Waals surface area contributed by atoms with Gasteiger partial charge in [-0.1, -0.05) is 30.3 Å². The summed E-state index contributed by atoms with van der Waals surface area (Å²) in [5.41, 5.74) is 8.67. The van der Waals surface area contributed by atoms with E-state index in [0.29, 0.717) is 0 Å². The van der Waals surface area contributed by atoms with E-state index in [2.05, 4.69) is 27.9 Å². The Balaban J connectivity index is 1.35. The molecular formula is C20H27N3O2. The minimum Gasteiger partial charge on any atom is -0.494 e. The van der Waals surface area contributed by atoms with Crippen molar-refractivity contribution < 1.29 is 9.47 Å². The maximum absolute atomic E-state index is 5.90. The van der Waals surface area contributed by atoms with Gasteiger partial charge in [0.1, 0.15) is 5.75 Å². The molecule has 25 heavy (non-hydrogen) atoms. The molecule has 0 aromatic heterocycles. The molecule has 2 N–H and O–H groups in total. The van der Waals surface area contributed by atoms with Crippen molar-refractivity contribution in [3.63, 3.8) is 0 Å². The number of hydrogen-bond donors (Lipinski definition) is 2. The van der Waals surface area contributed by atoms with Crippen LogP contribution in [-0.4, -0.2) is 44.4 Å². The summed E-state index contributed by atoms with van der Waals surface area (Å²) in [6.07, 6.45) is 1.04. The number of ether oxygens (including phenoxy) is 2. The van der Waals surface area contributed by atoms with E-state index in [0.717, 1.165) is 63.9 Å². The lowest BCUT2D eigenvalue weighted by atomic mass is 10.2. The van der Waals surface area contributed by atoms with Crippen LogP contribution in [0.4, 0.5) is 5.69 Å². The number of anilines is 1. The SMILES string of the molecule is c1ccc(NNCc2cccc(OCCCN3CCOCC3)c2)cc1. The van der Waals surface area contributed by atoms with Crippen molar-refractivity contribution in [2.45, 2.75) is 13.0 Å². The lowest BCUT2D eigenvalue weighted by molar-refractivity contribution is 0.0358. The van der Waals surface area contributed by atoms with E-state index in [-0.39, 0.29) is 0 Å². The first kappa shape index (κ1) is 17.7. The smallest absolute Gasteiger partial charge is 0.119 e. The standard InChI is InChI=1S/C20H27N3O2/c1-2-7-19(8-3-1)22-21-17-18-6-4-9-20(16-18)25-13-5-10-23-11-14-24-15-12-23/h1-4,6-9,16,21-22H,5,10-15,17H2. The van der Waals surface area contributed by atoms with Crippen molar-refractivity contribution in [2.24, 2.45) is 0 Å². The van der Waals surface area contributed by atoms with Gasteiger partial charge in [-0.05, 0) is 36.2 Å². The molecule has 0 saturated carbocycles. The number of hydrogen-bond acceptors (Lipinski definition) is 5. The van der Waals surface area contributed by atoms with Crippen LogP contribution in [0, 0.1) is 0 Å². The second kappa shape index (κ2) is 10.0. The lowest BCUT2D eigenvalue weighted by Crippen LogP contribution is -2.37. The molecule has 0 spiro atoms. The molecule has 5 nitrogen and oxygen atoms in total. The van der Waals surface area contributed by atoms with Crippen molar-refractivity contribution in [3.8, 4) is 5.75 Å². The highest BCUT2D eigenvalue weighted by atomic mass is 16.5. The topological polar surface area (TPSA) is 45.8 Å². The molecule has 2 aromatic carbocycles. The molecule has 1 fully saturated rings. The molecule has 1 heterocycles. The first-order valence-electron chi connectivity index (χ1n) is 8.96. The summed E-state index contributed by atoms with van der Waals surface area (Å²) in [5, 5.41) is 0. The van der Waals surface area contributed by atoms with Gasteiger partial charge in [-0.2, -0.15) is 0 Å². The Kier molecular flexibility index (Phi) is 7.12. The monoisotopic (exact) mass is 341 g/mol. The second-order valence-corrected chi connectivity index (χ2v) is 6.15. The third-order valence-corrected chi connectivity index (χ3v) is 4.19. The van der Waals surface area contributed by atoms with Gasteiger partial charge in [0.25, 0.3) is 0 Å². The zero-order valence-electron chi connectivity index (χ0n) is 14.6. The van der Waals surface area contributed by atoms with Gasteiger partial charge in [-0.3, -0.25) is 4.90 Å². The van der Waals surface area contributed by atoms with Crippen LogP contribution in [0.5, 0.6) is 5.75 Å². The van der Waals surface area contributed by atoms with Gasteiger partial charge >= 0.3 is 0 Å². The average molecular weight is 341 g/mol. The summed E-state index contributed by atoms with van der Waals surface area (Å²) in [6.45, 7) is 6.34. The maximum Gasteiger partial charge on any atom is 0.119 e. The number of nitrogens with zero attached hydrogens (tertiary/aromatic N) is 1. The van der Waals surface area contributed by atoms with Crippen LogP contribution >= 0.6 is 0 Å². The van der Waals surface area contributed by atoms with Crippen molar-refractivity contribution >= 4 is 5.69 Å². The number of nitrogens with one attached hydrogen (secondary N) is 2. The highest BCUT2D eigenvalue weighted by molar-refractivity contribution is 5.41. The van der Waals surface area contributed by atoms with Gasteiger partial charge in [0.2, 0.25) is 0 Å². The van der Waals surface area contributed by atoms with Crippen molar-refractivity contribution in [3.05, 3.63) is 60.2 Å². The van der Waals surface area contributed by atoms with Gasteiger partial charge in [0, 0.05) is 31.9 Å². The number of rotatable bonds is 9. The normalized spacial score (nSPS) is 15.0. The van der Waals surface area contributed by atoms with E-state index < -0.39 is 0 Å². The molecule has 0 amide bonds. The largest absolute Gasteiger partial charge is 0.494 e. The average Bonchev–Trinajstić information content (AvgIpc) is 2.67. The Hall–Kier alpha value is -2.08. The fraction of sp³-hybridized carbons (Fsp3) is 0.400. The summed E-state index contributed by atoms with van der Waals surface area (Å²) >= 11 is 0. The Bertz CT molecular complexity index is 615. The van der Waals surface area contributed by atoms with Crippen LogP contribution in [0.2, 0.25) is 0 Å². The molecule has 2 aromatic rings. The Morgan fingerprint density at radius 1 is 1.00 bits per heavy atom. The van der Waals surface area contributed by atoms with E-state index in [1.165, 1.54) is 5.56 Å². The number of hydrazine groups is 1. The number of morpholine rings is 1. The summed E-state index contributed by atoms with van der Waals surface area (Å²) in [6, 6.07) is 18.3. The maximum atomic E-state index is 5.90. The van der Waals surface area contributed by atoms with E-state index in [9.17, 15) is 0 Å². The Morgan fingerprint density at radius 2 is 1.84 bits per heavy atom. The second-order valence-electron chi connectivity index (χ2n) is 6.15. The van der Waals surface area contributed by atoms with Crippen LogP contribution in [0.1, 0.15) is 12.0 Å². The Labute approximate surface area is 149 Å². The molecule has 0 radical (unpaired) electrons. The molecule has 1 aliphatic rings. The molecule has 3 rings (SSSR count). The summed E-state index contributed by atoms with van der Waals surface area (Å²) in [7, 11) is 0. The fourth-order valence-corrected chi connectivity index (χ4v) is 2.82. The third kappa shape index (κ3) is 6.38. The molecular weight excluding hydrogens is 314 g/mol. The molecule has 134 valence electrons. The van der Waals surface area contributed by atoms with Crippen LogP contribution in [0.3, 0.4) is 0 Å². The predicted molar refractivity (Wildman–Crippen MR) is 101 cm³/mol. The molecule has 0 atom stereocenters. The van der Waals surface area contributed by atoms with Gasteiger partial charge in [-0.25, -0.2) is 5.43 Å². The molecule has 5 heteroatoms. The highest BCUT2D eigenvalue weighted by Gasteiger charge is 2.09. The predicted octanol–water partition coefficient (Wildman–Crippen LogP) is 2.90. The van der Waals surface area contributed by atoms with E-state index in [1.807, 2.05) is 42.5 Å². The van der Waals surface area contributed by atoms with E-state index in [1.54, 1.807) is 0 Å². The first-order chi connectivity index (χ1) is 12.4. The number of benzene rings is 2. The fourth-order valence-electron chi connectivity index (χ4n) is 2.82. The first-order valence-corrected chi connectivity index (χ1v) is 8.96. The molecule has 1 saturated heterocycles. The van der Waals surface area contributed by atoms with Crippen molar-refractivity contribution in [1.29, 1.82) is 0 Å². The van der Waals surface area contributed by atoms with Crippen LogP contribution in [0.15, 0.2) is 54.6 Å². The van der Waals surface area contributed by atoms with Crippen molar-refractivity contribution in [2.75, 3.05) is 44.9 Å².